The first kappa shape index (κ1) is 30.2. The number of ether oxygens (including phenoxy) is 1. The number of hydrogen-bond donors (Lipinski definition) is 6. The number of nitrogens with zero attached hydrogens (tertiary/aromatic N) is 2. The van der Waals surface area contributed by atoms with Crippen molar-refractivity contribution in [1.29, 1.82) is 0 Å². The Balaban J connectivity index is 0.000000360. The molecule has 0 saturated carbocycles. The summed E-state index contributed by atoms with van der Waals surface area (Å²) < 4.78 is 19.6. The molecule has 0 spiro atoms. The number of benzene rings is 1. The fourth-order valence-corrected chi connectivity index (χ4v) is 4.68. The second kappa shape index (κ2) is 14.1. The van der Waals surface area contributed by atoms with Crippen molar-refractivity contribution < 1.29 is 43.9 Å². The number of aliphatic carboxylic acids is 2. The number of aromatic nitrogens is 1. The van der Waals surface area contributed by atoms with Crippen LogP contribution < -0.4 is 11.1 Å². The number of amides is 1. The van der Waals surface area contributed by atoms with Crippen molar-refractivity contribution >= 4 is 34.4 Å². The number of nitrogen functional groups attached to an aromatic ring is 1. The number of nitrogens with one attached hydrogen (secondary N) is 1. The standard InChI is InChI=1S/C22H29FN4O2.C4H6O6/c23-19-12-18(21-17(20(19)24)2-1-7-25-21)22(28)26-13-15-3-8-27(9-4-15)14-16-5-10-29-11-6-16;5-1(3(7)8)2(6)4(9)10/h1-2,7,12,15-16H,3-6,8-11,13-14,24H2,(H,26,28);1-2,5-6H,(H,7,8)(H,9,10). The third-order valence-electron chi connectivity index (χ3n) is 7.05. The van der Waals surface area contributed by atoms with E-state index in [0.29, 0.717) is 23.4 Å². The number of halogens is 1. The Morgan fingerprint density at radius 1 is 1.08 bits per heavy atom. The lowest BCUT2D eigenvalue weighted by Crippen LogP contribution is -2.41. The van der Waals surface area contributed by atoms with E-state index in [1.165, 1.54) is 6.07 Å². The highest BCUT2D eigenvalue weighted by Crippen LogP contribution is 2.26. The number of pyridine rings is 1. The van der Waals surface area contributed by atoms with E-state index < -0.39 is 30.0 Å². The Hall–Kier alpha value is -3.39. The number of carbonyl (C=O) groups is 3. The molecule has 2 fully saturated rings. The molecule has 1 aromatic carbocycles. The average Bonchev–Trinajstić information content (AvgIpc) is 2.94. The molecular formula is C26H35FN4O8. The van der Waals surface area contributed by atoms with Crippen molar-refractivity contribution in [2.24, 2.45) is 11.8 Å². The number of aliphatic hydroxyl groups is 2. The lowest BCUT2D eigenvalue weighted by atomic mass is 9.94. The summed E-state index contributed by atoms with van der Waals surface area (Å²) >= 11 is 0. The van der Waals surface area contributed by atoms with Crippen LogP contribution in [-0.4, -0.2) is 99.8 Å². The van der Waals surface area contributed by atoms with Crippen molar-refractivity contribution in [3.63, 3.8) is 0 Å². The monoisotopic (exact) mass is 550 g/mol. The molecular weight excluding hydrogens is 515 g/mol. The molecule has 2 unspecified atom stereocenters. The minimum atomic E-state index is -2.27. The molecule has 0 bridgehead atoms. The van der Waals surface area contributed by atoms with Gasteiger partial charge >= 0.3 is 11.9 Å². The maximum atomic E-state index is 14.2. The fourth-order valence-electron chi connectivity index (χ4n) is 4.68. The van der Waals surface area contributed by atoms with Crippen molar-refractivity contribution in [1.82, 2.24) is 15.2 Å². The van der Waals surface area contributed by atoms with E-state index in [1.807, 2.05) is 0 Å². The molecule has 39 heavy (non-hydrogen) atoms. The molecule has 13 heteroatoms. The van der Waals surface area contributed by atoms with Crippen LogP contribution in [0.5, 0.6) is 0 Å². The molecule has 12 nitrogen and oxygen atoms in total. The van der Waals surface area contributed by atoms with Gasteiger partial charge in [0.05, 0.1) is 16.8 Å². The minimum Gasteiger partial charge on any atom is -0.479 e. The molecule has 2 aromatic rings. The Bertz CT molecular complexity index is 1130. The number of carbonyl (C=O) groups excluding carboxylic acids is 1. The Labute approximate surface area is 224 Å². The third kappa shape index (κ3) is 8.30. The fraction of sp³-hybridized carbons (Fsp3) is 0.538. The van der Waals surface area contributed by atoms with Gasteiger partial charge in [-0.2, -0.15) is 0 Å². The first-order chi connectivity index (χ1) is 18.6. The average molecular weight is 551 g/mol. The van der Waals surface area contributed by atoms with E-state index in [4.69, 9.17) is 30.9 Å². The zero-order valence-electron chi connectivity index (χ0n) is 21.5. The van der Waals surface area contributed by atoms with Gasteiger partial charge in [0.15, 0.2) is 12.2 Å². The van der Waals surface area contributed by atoms with Gasteiger partial charge in [0, 0.05) is 37.9 Å². The minimum absolute atomic E-state index is 0.0292. The van der Waals surface area contributed by atoms with Crippen LogP contribution in [0.3, 0.4) is 0 Å². The maximum Gasteiger partial charge on any atom is 0.335 e. The van der Waals surface area contributed by atoms with Crippen LogP contribution in [0.15, 0.2) is 24.4 Å². The third-order valence-corrected chi connectivity index (χ3v) is 7.05. The molecule has 1 aromatic heterocycles. The van der Waals surface area contributed by atoms with Crippen LogP contribution in [0, 0.1) is 17.7 Å². The number of aliphatic hydroxyl groups excluding tert-OH is 2. The van der Waals surface area contributed by atoms with E-state index in [-0.39, 0.29) is 17.2 Å². The highest BCUT2D eigenvalue weighted by atomic mass is 19.1. The molecule has 2 aliphatic rings. The molecule has 2 saturated heterocycles. The number of piperidine rings is 1. The summed E-state index contributed by atoms with van der Waals surface area (Å²) in [4.78, 5) is 39.0. The molecule has 2 aliphatic heterocycles. The highest BCUT2D eigenvalue weighted by molar-refractivity contribution is 6.08. The van der Waals surface area contributed by atoms with Crippen LogP contribution >= 0.6 is 0 Å². The largest absolute Gasteiger partial charge is 0.479 e. The maximum absolute atomic E-state index is 14.2. The summed E-state index contributed by atoms with van der Waals surface area (Å²) in [5.74, 6) is -3.22. The van der Waals surface area contributed by atoms with Gasteiger partial charge in [0.1, 0.15) is 5.82 Å². The van der Waals surface area contributed by atoms with Gasteiger partial charge in [-0.15, -0.1) is 0 Å². The topological polar surface area (TPSA) is 196 Å². The van der Waals surface area contributed by atoms with Gasteiger partial charge in [-0.25, -0.2) is 14.0 Å². The summed E-state index contributed by atoms with van der Waals surface area (Å²) in [7, 11) is 0. The quantitative estimate of drug-likeness (QED) is 0.253. The SMILES string of the molecule is Nc1c(F)cc(C(=O)NCC2CCN(CC3CCOCC3)CC2)c2ncccc12.O=C(O)C(O)C(O)C(=O)O. The van der Waals surface area contributed by atoms with E-state index in [1.54, 1.807) is 18.3 Å². The first-order valence-electron chi connectivity index (χ1n) is 12.8. The summed E-state index contributed by atoms with van der Waals surface area (Å²) in [6.45, 7) is 5.68. The second-order valence-corrected chi connectivity index (χ2v) is 9.80. The lowest BCUT2D eigenvalue weighted by molar-refractivity contribution is -0.165. The number of carboxylic acids is 2. The molecule has 7 N–H and O–H groups in total. The van der Waals surface area contributed by atoms with E-state index in [0.717, 1.165) is 64.4 Å². The number of anilines is 1. The van der Waals surface area contributed by atoms with Crippen molar-refractivity contribution in [2.45, 2.75) is 37.9 Å². The number of carboxylic acid groups (broad SMARTS) is 2. The number of nitrogens with two attached hydrogens (primary N) is 1. The molecule has 0 radical (unpaired) electrons. The lowest BCUT2D eigenvalue weighted by Gasteiger charge is -2.35. The predicted octanol–water partition coefficient (Wildman–Crippen LogP) is 0.702. The predicted molar refractivity (Wildman–Crippen MR) is 138 cm³/mol. The van der Waals surface area contributed by atoms with Crippen LogP contribution in [0.2, 0.25) is 0 Å². The van der Waals surface area contributed by atoms with Gasteiger partial charge < -0.3 is 41.1 Å². The first-order valence-corrected chi connectivity index (χ1v) is 12.8. The second-order valence-electron chi connectivity index (χ2n) is 9.80. The van der Waals surface area contributed by atoms with Crippen molar-refractivity contribution in [3.05, 3.63) is 35.8 Å². The Morgan fingerprint density at radius 2 is 1.69 bits per heavy atom. The number of fused-ring (bicyclic) bond motifs is 1. The summed E-state index contributed by atoms with van der Waals surface area (Å²) in [5.41, 5.74) is 6.51. The van der Waals surface area contributed by atoms with Crippen LogP contribution in [-0.2, 0) is 14.3 Å². The van der Waals surface area contributed by atoms with Gasteiger partial charge in [-0.05, 0) is 68.8 Å². The molecule has 1 amide bonds. The zero-order valence-corrected chi connectivity index (χ0v) is 21.5. The number of likely N-dealkylation sites (tertiary alicyclic amines) is 1. The van der Waals surface area contributed by atoms with E-state index in [2.05, 4.69) is 15.2 Å². The summed E-state index contributed by atoms with van der Waals surface area (Å²) in [6.07, 6.45) is 1.52. The zero-order chi connectivity index (χ0) is 28.5. The smallest absolute Gasteiger partial charge is 0.335 e. The number of hydrogen-bond acceptors (Lipinski definition) is 9. The van der Waals surface area contributed by atoms with E-state index in [9.17, 15) is 18.8 Å². The van der Waals surface area contributed by atoms with Crippen LogP contribution in [0.25, 0.3) is 10.9 Å². The van der Waals surface area contributed by atoms with Gasteiger partial charge in [0.2, 0.25) is 0 Å². The highest BCUT2D eigenvalue weighted by Gasteiger charge is 2.29. The molecule has 2 atom stereocenters. The Kier molecular flexibility index (Phi) is 10.9. The summed E-state index contributed by atoms with van der Waals surface area (Å²) in [6, 6.07) is 4.57. The van der Waals surface area contributed by atoms with Gasteiger partial charge in [0.25, 0.3) is 5.91 Å². The Morgan fingerprint density at radius 3 is 2.28 bits per heavy atom. The summed E-state index contributed by atoms with van der Waals surface area (Å²) in [5, 5.41) is 36.0. The molecule has 214 valence electrons. The van der Waals surface area contributed by atoms with Crippen LogP contribution in [0.4, 0.5) is 10.1 Å². The van der Waals surface area contributed by atoms with Crippen molar-refractivity contribution in [3.8, 4) is 0 Å². The molecule has 3 heterocycles. The van der Waals surface area contributed by atoms with Crippen LogP contribution in [0.1, 0.15) is 36.0 Å². The molecule has 0 aliphatic carbocycles. The molecule has 4 rings (SSSR count). The van der Waals surface area contributed by atoms with E-state index >= 15 is 0 Å². The van der Waals surface area contributed by atoms with Crippen molar-refractivity contribution in [2.75, 3.05) is 45.1 Å². The number of rotatable bonds is 8. The normalized spacial score (nSPS) is 18.5. The van der Waals surface area contributed by atoms with Gasteiger partial charge in [-0.3, -0.25) is 9.78 Å². The van der Waals surface area contributed by atoms with Gasteiger partial charge in [-0.1, -0.05) is 0 Å².